The highest BCUT2D eigenvalue weighted by Crippen LogP contribution is 2.39. The van der Waals surface area contributed by atoms with Crippen LogP contribution in [0.4, 0.5) is 24.8 Å². The SMILES string of the molecule is CC1=C(C(=O)Nc2cccnc2)C(c2cccs2)n2nc(C(F)(F)F)nc2N1. The van der Waals surface area contributed by atoms with Gasteiger partial charge in [-0.05, 0) is 30.5 Å². The van der Waals surface area contributed by atoms with E-state index in [-0.39, 0.29) is 11.5 Å². The van der Waals surface area contributed by atoms with Gasteiger partial charge >= 0.3 is 6.18 Å². The third kappa shape index (κ3) is 3.24. The summed E-state index contributed by atoms with van der Waals surface area (Å²) in [6, 6.07) is 5.99. The Kier molecular flexibility index (Phi) is 4.38. The van der Waals surface area contributed by atoms with Crippen LogP contribution in [0.25, 0.3) is 0 Å². The zero-order valence-electron chi connectivity index (χ0n) is 14.4. The average molecular weight is 406 g/mol. The van der Waals surface area contributed by atoms with Crippen LogP contribution in [0.2, 0.25) is 0 Å². The van der Waals surface area contributed by atoms with Crippen LogP contribution >= 0.6 is 11.3 Å². The third-order valence-corrected chi connectivity index (χ3v) is 5.01. The first-order valence-corrected chi connectivity index (χ1v) is 8.99. The molecule has 2 N–H and O–H groups in total. The van der Waals surface area contributed by atoms with Crippen molar-refractivity contribution in [2.75, 3.05) is 10.6 Å². The van der Waals surface area contributed by atoms with E-state index in [1.54, 1.807) is 42.8 Å². The Bertz CT molecular complexity index is 1040. The van der Waals surface area contributed by atoms with E-state index in [0.29, 0.717) is 16.3 Å². The monoisotopic (exact) mass is 406 g/mol. The van der Waals surface area contributed by atoms with Crippen molar-refractivity contribution in [1.29, 1.82) is 0 Å². The summed E-state index contributed by atoms with van der Waals surface area (Å²) in [4.78, 5) is 21.1. The number of carbonyl (C=O) groups is 1. The number of nitrogens with one attached hydrogen (secondary N) is 2. The fourth-order valence-electron chi connectivity index (χ4n) is 2.91. The maximum absolute atomic E-state index is 13.1. The van der Waals surface area contributed by atoms with Crippen molar-refractivity contribution < 1.29 is 18.0 Å². The van der Waals surface area contributed by atoms with Gasteiger partial charge in [0.25, 0.3) is 11.7 Å². The maximum Gasteiger partial charge on any atom is 0.453 e. The lowest BCUT2D eigenvalue weighted by molar-refractivity contribution is -0.145. The molecule has 4 rings (SSSR count). The second kappa shape index (κ2) is 6.75. The molecule has 1 atom stereocenters. The van der Waals surface area contributed by atoms with E-state index in [2.05, 4.69) is 25.7 Å². The number of halogens is 3. The van der Waals surface area contributed by atoms with Gasteiger partial charge in [0.05, 0.1) is 17.5 Å². The van der Waals surface area contributed by atoms with Gasteiger partial charge in [-0.25, -0.2) is 4.68 Å². The number of fused-ring (bicyclic) bond motifs is 1. The standard InChI is InChI=1S/C17H13F3N6OS/c1-9-12(14(27)23-10-4-2-6-21-8-10)13(11-5-3-7-28-11)26-16(22-9)24-15(25-26)17(18,19)20/h2-8,13H,1H3,(H,23,27)(H,22,24,25). The number of aromatic nitrogens is 4. The Hall–Kier alpha value is -3.21. The van der Waals surface area contributed by atoms with Gasteiger partial charge in [0, 0.05) is 16.8 Å². The fraction of sp³-hybridized carbons (Fsp3) is 0.176. The Morgan fingerprint density at radius 2 is 2.14 bits per heavy atom. The van der Waals surface area contributed by atoms with E-state index in [4.69, 9.17) is 0 Å². The van der Waals surface area contributed by atoms with Crippen molar-refractivity contribution in [3.63, 3.8) is 0 Å². The van der Waals surface area contributed by atoms with Crippen LogP contribution in [0.5, 0.6) is 0 Å². The number of rotatable bonds is 3. The van der Waals surface area contributed by atoms with Crippen LogP contribution in [0.15, 0.2) is 53.3 Å². The molecular weight excluding hydrogens is 393 g/mol. The summed E-state index contributed by atoms with van der Waals surface area (Å²) in [7, 11) is 0. The lowest BCUT2D eigenvalue weighted by atomic mass is 10.0. The minimum absolute atomic E-state index is 0.0684. The lowest BCUT2D eigenvalue weighted by Crippen LogP contribution is -2.31. The van der Waals surface area contributed by atoms with Gasteiger partial charge in [-0.1, -0.05) is 6.07 Å². The molecule has 28 heavy (non-hydrogen) atoms. The van der Waals surface area contributed by atoms with Crippen molar-refractivity contribution in [3.8, 4) is 0 Å². The summed E-state index contributed by atoms with van der Waals surface area (Å²) < 4.78 is 40.5. The van der Waals surface area contributed by atoms with Crippen molar-refractivity contribution >= 4 is 28.9 Å². The number of thiophene rings is 1. The molecule has 144 valence electrons. The van der Waals surface area contributed by atoms with E-state index in [9.17, 15) is 18.0 Å². The normalized spacial score (nSPS) is 16.5. The van der Waals surface area contributed by atoms with E-state index in [1.807, 2.05) is 0 Å². The van der Waals surface area contributed by atoms with E-state index in [1.165, 1.54) is 17.5 Å². The summed E-state index contributed by atoms with van der Waals surface area (Å²) in [5.74, 6) is -1.80. The van der Waals surface area contributed by atoms with Crippen molar-refractivity contribution in [3.05, 3.63) is 64.0 Å². The molecular formula is C17H13F3N6OS. The zero-order valence-corrected chi connectivity index (χ0v) is 15.2. The summed E-state index contributed by atoms with van der Waals surface area (Å²) in [5, 5.41) is 10.9. The molecule has 1 amide bonds. The lowest BCUT2D eigenvalue weighted by Gasteiger charge is -2.27. The molecule has 3 aromatic rings. The number of hydrogen-bond acceptors (Lipinski definition) is 6. The number of allylic oxidation sites excluding steroid dienone is 1. The Morgan fingerprint density at radius 1 is 1.32 bits per heavy atom. The minimum Gasteiger partial charge on any atom is -0.328 e. The average Bonchev–Trinajstić information content (AvgIpc) is 3.30. The van der Waals surface area contributed by atoms with Gasteiger partial charge in [-0.3, -0.25) is 9.78 Å². The quantitative estimate of drug-likeness (QED) is 0.693. The molecule has 0 saturated heterocycles. The molecule has 0 spiro atoms. The molecule has 1 unspecified atom stereocenters. The summed E-state index contributed by atoms with van der Waals surface area (Å²) in [6.07, 6.45) is -1.65. The van der Waals surface area contributed by atoms with E-state index < -0.39 is 23.9 Å². The third-order valence-electron chi connectivity index (χ3n) is 4.08. The van der Waals surface area contributed by atoms with Crippen LogP contribution in [0.1, 0.15) is 23.7 Å². The Labute approximate surface area is 160 Å². The zero-order chi connectivity index (χ0) is 19.9. The Balaban J connectivity index is 1.78. The van der Waals surface area contributed by atoms with Crippen molar-refractivity contribution in [1.82, 2.24) is 19.7 Å². The second-order valence-corrected chi connectivity index (χ2v) is 6.96. The minimum atomic E-state index is -4.70. The van der Waals surface area contributed by atoms with Gasteiger partial charge in [0.1, 0.15) is 6.04 Å². The molecule has 0 radical (unpaired) electrons. The molecule has 7 nitrogen and oxygen atoms in total. The summed E-state index contributed by atoms with van der Waals surface area (Å²) in [5.41, 5.74) is 1.11. The fourth-order valence-corrected chi connectivity index (χ4v) is 3.73. The van der Waals surface area contributed by atoms with E-state index >= 15 is 0 Å². The predicted octanol–water partition coefficient (Wildman–Crippen LogP) is 3.68. The topological polar surface area (TPSA) is 84.7 Å². The highest BCUT2D eigenvalue weighted by atomic mass is 32.1. The molecule has 0 bridgehead atoms. The number of amides is 1. The predicted molar refractivity (Wildman–Crippen MR) is 96.7 cm³/mol. The first-order valence-electron chi connectivity index (χ1n) is 8.11. The highest BCUT2D eigenvalue weighted by Gasteiger charge is 2.41. The summed E-state index contributed by atoms with van der Waals surface area (Å²) in [6.45, 7) is 1.62. The molecule has 0 aliphatic carbocycles. The highest BCUT2D eigenvalue weighted by molar-refractivity contribution is 7.10. The van der Waals surface area contributed by atoms with Crippen LogP contribution in [-0.4, -0.2) is 25.7 Å². The number of carbonyl (C=O) groups excluding carboxylic acids is 1. The van der Waals surface area contributed by atoms with Crippen molar-refractivity contribution in [2.45, 2.75) is 19.1 Å². The second-order valence-electron chi connectivity index (χ2n) is 5.98. The first kappa shape index (κ1) is 18.2. The van der Waals surface area contributed by atoms with Gasteiger partial charge in [-0.15, -0.1) is 16.4 Å². The van der Waals surface area contributed by atoms with Gasteiger partial charge in [0.2, 0.25) is 5.95 Å². The van der Waals surface area contributed by atoms with Gasteiger partial charge in [0.15, 0.2) is 0 Å². The molecule has 1 aliphatic heterocycles. The Morgan fingerprint density at radius 3 is 2.79 bits per heavy atom. The molecule has 0 fully saturated rings. The first-order chi connectivity index (χ1) is 13.3. The molecule has 11 heteroatoms. The smallest absolute Gasteiger partial charge is 0.328 e. The number of pyridine rings is 1. The molecule has 0 saturated carbocycles. The molecule has 3 aromatic heterocycles. The van der Waals surface area contributed by atoms with Crippen LogP contribution in [0.3, 0.4) is 0 Å². The molecule has 4 heterocycles. The van der Waals surface area contributed by atoms with E-state index in [0.717, 1.165) is 4.68 Å². The van der Waals surface area contributed by atoms with Crippen molar-refractivity contribution in [2.24, 2.45) is 0 Å². The number of anilines is 2. The number of alkyl halides is 3. The largest absolute Gasteiger partial charge is 0.453 e. The number of hydrogen-bond donors (Lipinski definition) is 2. The maximum atomic E-state index is 13.1. The van der Waals surface area contributed by atoms with Gasteiger partial charge < -0.3 is 10.6 Å². The van der Waals surface area contributed by atoms with Crippen LogP contribution < -0.4 is 10.6 Å². The molecule has 1 aliphatic rings. The number of nitrogens with zero attached hydrogens (tertiary/aromatic N) is 4. The van der Waals surface area contributed by atoms with Crippen LogP contribution in [0, 0.1) is 0 Å². The molecule has 0 aromatic carbocycles. The summed E-state index contributed by atoms with van der Waals surface area (Å²) >= 11 is 1.32. The van der Waals surface area contributed by atoms with Gasteiger partial charge in [-0.2, -0.15) is 18.2 Å². The van der Waals surface area contributed by atoms with Crippen LogP contribution in [-0.2, 0) is 11.0 Å².